The van der Waals surface area contributed by atoms with E-state index < -0.39 is 5.60 Å². The van der Waals surface area contributed by atoms with Gasteiger partial charge in [-0.2, -0.15) is 0 Å². The quantitative estimate of drug-likeness (QED) is 0.921. The number of aliphatic hydroxyl groups is 1. The predicted molar refractivity (Wildman–Crippen MR) is 89.7 cm³/mol. The fraction of sp³-hybridized carbons (Fsp3) is 0.556. The summed E-state index contributed by atoms with van der Waals surface area (Å²) in [6, 6.07) is 5.75. The van der Waals surface area contributed by atoms with Gasteiger partial charge in [-0.3, -0.25) is 9.88 Å². The molecule has 0 atom stereocenters. The molecule has 1 fully saturated rings. The lowest BCUT2D eigenvalue weighted by Gasteiger charge is -2.37. The Bertz CT molecular complexity index is 615. The molecule has 1 saturated heterocycles. The fourth-order valence-corrected chi connectivity index (χ4v) is 3.24. The highest BCUT2D eigenvalue weighted by Gasteiger charge is 2.35. The lowest BCUT2D eigenvalue weighted by Crippen LogP contribution is -2.42. The van der Waals surface area contributed by atoms with Crippen LogP contribution in [0.5, 0.6) is 0 Å². The van der Waals surface area contributed by atoms with E-state index in [9.17, 15) is 5.11 Å². The van der Waals surface area contributed by atoms with Crippen LogP contribution in [0.1, 0.15) is 38.1 Å². The van der Waals surface area contributed by atoms with Gasteiger partial charge in [0, 0.05) is 38.6 Å². The number of pyridine rings is 1. The lowest BCUT2D eigenvalue weighted by molar-refractivity contribution is -0.0315. The van der Waals surface area contributed by atoms with Gasteiger partial charge in [-0.25, -0.2) is 4.98 Å². The van der Waals surface area contributed by atoms with Crippen LogP contribution in [0.25, 0.3) is 0 Å². The third-order valence-corrected chi connectivity index (χ3v) is 4.57. The van der Waals surface area contributed by atoms with E-state index in [1.165, 1.54) is 5.69 Å². The molecule has 2 aromatic rings. The molecule has 1 aliphatic rings. The van der Waals surface area contributed by atoms with Gasteiger partial charge < -0.3 is 9.67 Å². The van der Waals surface area contributed by atoms with Crippen LogP contribution in [-0.2, 0) is 18.7 Å². The Morgan fingerprint density at radius 1 is 1.26 bits per heavy atom. The Morgan fingerprint density at radius 2 is 2.04 bits per heavy atom. The molecule has 3 rings (SSSR count). The highest BCUT2D eigenvalue weighted by molar-refractivity contribution is 5.14. The van der Waals surface area contributed by atoms with Crippen LogP contribution in [0.15, 0.2) is 36.9 Å². The van der Waals surface area contributed by atoms with Gasteiger partial charge in [0.05, 0.1) is 17.7 Å². The van der Waals surface area contributed by atoms with Crippen LogP contribution < -0.4 is 0 Å². The first-order valence-corrected chi connectivity index (χ1v) is 8.42. The summed E-state index contributed by atoms with van der Waals surface area (Å²) in [5.74, 6) is 0.610. The van der Waals surface area contributed by atoms with Gasteiger partial charge in [0.2, 0.25) is 0 Å². The average molecular weight is 314 g/mol. The second-order valence-electron chi connectivity index (χ2n) is 6.95. The zero-order valence-corrected chi connectivity index (χ0v) is 14.0. The molecule has 0 saturated carbocycles. The van der Waals surface area contributed by atoms with E-state index in [0.717, 1.165) is 44.7 Å². The van der Waals surface area contributed by atoms with Crippen LogP contribution in [0.4, 0.5) is 0 Å². The zero-order chi connectivity index (χ0) is 16.3. The van der Waals surface area contributed by atoms with Gasteiger partial charge in [0.1, 0.15) is 5.60 Å². The highest BCUT2D eigenvalue weighted by Crippen LogP contribution is 2.31. The molecule has 0 bridgehead atoms. The number of hydrogen-bond donors (Lipinski definition) is 1. The highest BCUT2D eigenvalue weighted by atomic mass is 16.3. The number of rotatable bonds is 5. The molecule has 0 spiro atoms. The fourth-order valence-electron chi connectivity index (χ4n) is 3.24. The van der Waals surface area contributed by atoms with E-state index in [-0.39, 0.29) is 0 Å². The number of hydrogen-bond acceptors (Lipinski definition) is 4. The van der Waals surface area contributed by atoms with Crippen molar-refractivity contribution in [3.63, 3.8) is 0 Å². The van der Waals surface area contributed by atoms with E-state index in [1.807, 2.05) is 30.7 Å². The van der Waals surface area contributed by atoms with Gasteiger partial charge in [0.25, 0.3) is 0 Å². The van der Waals surface area contributed by atoms with Crippen molar-refractivity contribution in [1.29, 1.82) is 0 Å². The van der Waals surface area contributed by atoms with Crippen molar-refractivity contribution in [2.45, 2.75) is 45.4 Å². The van der Waals surface area contributed by atoms with Crippen LogP contribution >= 0.6 is 0 Å². The van der Waals surface area contributed by atoms with Crippen LogP contribution in [0.3, 0.4) is 0 Å². The van der Waals surface area contributed by atoms with Crippen molar-refractivity contribution in [3.8, 4) is 0 Å². The minimum atomic E-state index is -0.782. The number of nitrogens with zero attached hydrogens (tertiary/aromatic N) is 4. The first kappa shape index (κ1) is 16.1. The largest absolute Gasteiger partial charge is 0.383 e. The smallest absolute Gasteiger partial charge is 0.109 e. The SMILES string of the molecule is CC(C)Cn1cncc1CN1CCC(O)(c2ccccn2)CC1. The van der Waals surface area contributed by atoms with Gasteiger partial charge in [0.15, 0.2) is 0 Å². The second-order valence-corrected chi connectivity index (χ2v) is 6.95. The molecular formula is C18H26N4O. The van der Waals surface area contributed by atoms with Gasteiger partial charge >= 0.3 is 0 Å². The minimum Gasteiger partial charge on any atom is -0.383 e. The molecule has 0 aliphatic carbocycles. The van der Waals surface area contributed by atoms with E-state index in [4.69, 9.17) is 0 Å². The molecular weight excluding hydrogens is 288 g/mol. The Morgan fingerprint density at radius 3 is 2.70 bits per heavy atom. The second kappa shape index (κ2) is 6.81. The summed E-state index contributed by atoms with van der Waals surface area (Å²) >= 11 is 0. The predicted octanol–water partition coefficient (Wildman–Crippen LogP) is 2.42. The molecule has 0 radical (unpaired) electrons. The number of piperidine rings is 1. The molecule has 124 valence electrons. The van der Waals surface area contributed by atoms with E-state index in [0.29, 0.717) is 5.92 Å². The monoisotopic (exact) mass is 314 g/mol. The number of likely N-dealkylation sites (tertiary alicyclic amines) is 1. The Labute approximate surface area is 138 Å². The Balaban J connectivity index is 1.61. The summed E-state index contributed by atoms with van der Waals surface area (Å²) in [7, 11) is 0. The summed E-state index contributed by atoms with van der Waals surface area (Å²) < 4.78 is 2.24. The van der Waals surface area contributed by atoms with Crippen molar-refractivity contribution < 1.29 is 5.11 Å². The third kappa shape index (κ3) is 3.79. The first-order chi connectivity index (χ1) is 11.1. The Kier molecular flexibility index (Phi) is 4.78. The molecule has 0 unspecified atom stereocenters. The van der Waals surface area contributed by atoms with Gasteiger partial charge in [-0.15, -0.1) is 0 Å². The van der Waals surface area contributed by atoms with E-state index in [2.05, 4.69) is 33.3 Å². The van der Waals surface area contributed by atoms with Crippen molar-refractivity contribution in [3.05, 3.63) is 48.3 Å². The summed E-state index contributed by atoms with van der Waals surface area (Å²) in [5.41, 5.74) is 1.27. The number of imidazole rings is 1. The van der Waals surface area contributed by atoms with Gasteiger partial charge in [-0.05, 0) is 30.9 Å². The molecule has 3 heterocycles. The van der Waals surface area contributed by atoms with Crippen molar-refractivity contribution in [2.75, 3.05) is 13.1 Å². The van der Waals surface area contributed by atoms with Crippen LogP contribution in [-0.4, -0.2) is 37.6 Å². The standard InChI is InChI=1S/C18H26N4O/c1-15(2)12-22-14-19-11-16(22)13-21-9-6-18(23,7-10-21)17-5-3-4-8-20-17/h3-5,8,11,14-15,23H,6-7,9-10,12-13H2,1-2H3. The minimum absolute atomic E-state index is 0.610. The maximum Gasteiger partial charge on any atom is 0.109 e. The van der Waals surface area contributed by atoms with Crippen molar-refractivity contribution in [1.82, 2.24) is 19.4 Å². The third-order valence-electron chi connectivity index (χ3n) is 4.57. The summed E-state index contributed by atoms with van der Waals surface area (Å²) in [5, 5.41) is 10.9. The van der Waals surface area contributed by atoms with Gasteiger partial charge in [-0.1, -0.05) is 19.9 Å². The maximum absolute atomic E-state index is 10.9. The average Bonchev–Trinajstić information content (AvgIpc) is 2.97. The van der Waals surface area contributed by atoms with Crippen molar-refractivity contribution in [2.24, 2.45) is 5.92 Å². The molecule has 0 amide bonds. The van der Waals surface area contributed by atoms with E-state index >= 15 is 0 Å². The lowest BCUT2D eigenvalue weighted by atomic mass is 9.87. The number of aromatic nitrogens is 3. The molecule has 23 heavy (non-hydrogen) atoms. The molecule has 1 N–H and O–H groups in total. The molecule has 2 aromatic heterocycles. The summed E-state index contributed by atoms with van der Waals surface area (Å²) in [6.07, 6.45) is 7.08. The molecule has 5 nitrogen and oxygen atoms in total. The van der Waals surface area contributed by atoms with E-state index in [1.54, 1.807) is 6.20 Å². The normalized spacial score (nSPS) is 18.4. The maximum atomic E-state index is 10.9. The van der Waals surface area contributed by atoms with Crippen molar-refractivity contribution >= 4 is 0 Å². The zero-order valence-electron chi connectivity index (χ0n) is 14.0. The molecule has 5 heteroatoms. The summed E-state index contributed by atoms with van der Waals surface area (Å²) in [4.78, 5) is 11.0. The summed E-state index contributed by atoms with van der Waals surface area (Å²) in [6.45, 7) is 8.08. The first-order valence-electron chi connectivity index (χ1n) is 8.42. The molecule has 0 aromatic carbocycles. The molecule has 1 aliphatic heterocycles. The van der Waals surface area contributed by atoms with Crippen LogP contribution in [0.2, 0.25) is 0 Å². The topological polar surface area (TPSA) is 54.2 Å². The van der Waals surface area contributed by atoms with Crippen LogP contribution in [0, 0.1) is 5.92 Å². The Hall–Kier alpha value is -1.72.